The molecular formula is C11H13ClN6. The van der Waals surface area contributed by atoms with Crippen LogP contribution >= 0.6 is 11.6 Å². The third-order valence-electron chi connectivity index (χ3n) is 2.89. The van der Waals surface area contributed by atoms with Crippen molar-refractivity contribution in [1.29, 1.82) is 0 Å². The number of imidazole rings is 1. The van der Waals surface area contributed by atoms with Crippen molar-refractivity contribution in [1.82, 2.24) is 24.5 Å². The van der Waals surface area contributed by atoms with Crippen LogP contribution in [-0.2, 0) is 0 Å². The van der Waals surface area contributed by atoms with E-state index < -0.39 is 0 Å². The lowest BCUT2D eigenvalue weighted by atomic mass is 10.4. The predicted molar refractivity (Wildman–Crippen MR) is 68.0 cm³/mol. The first-order valence-electron chi connectivity index (χ1n) is 5.83. The Morgan fingerprint density at radius 2 is 2.22 bits per heavy atom. The van der Waals surface area contributed by atoms with Gasteiger partial charge in [-0.05, 0) is 30.4 Å². The van der Waals surface area contributed by atoms with Gasteiger partial charge in [0.05, 0.1) is 0 Å². The van der Waals surface area contributed by atoms with Crippen LogP contribution in [0.5, 0.6) is 0 Å². The molecule has 0 atom stereocenters. The van der Waals surface area contributed by atoms with Crippen molar-refractivity contribution < 1.29 is 0 Å². The van der Waals surface area contributed by atoms with Crippen molar-refractivity contribution >= 4 is 17.5 Å². The maximum absolute atomic E-state index is 5.94. The van der Waals surface area contributed by atoms with E-state index in [1.165, 1.54) is 12.8 Å². The Morgan fingerprint density at radius 3 is 2.89 bits per heavy atom. The van der Waals surface area contributed by atoms with Crippen LogP contribution in [0, 0.1) is 5.92 Å². The number of hydrogen-bond acceptors (Lipinski definition) is 5. The number of aromatic nitrogens is 5. The van der Waals surface area contributed by atoms with Crippen LogP contribution in [0.3, 0.4) is 0 Å². The summed E-state index contributed by atoms with van der Waals surface area (Å²) in [6.45, 7) is 0.962. The van der Waals surface area contributed by atoms with Gasteiger partial charge in [0.25, 0.3) is 0 Å². The number of hydrogen-bond donors (Lipinski definition) is 0. The van der Waals surface area contributed by atoms with Crippen LogP contribution in [0.4, 0.5) is 5.95 Å². The molecule has 94 valence electrons. The Morgan fingerprint density at radius 1 is 1.39 bits per heavy atom. The molecule has 1 fully saturated rings. The fraction of sp³-hybridized carbons (Fsp3) is 0.455. The molecule has 2 aromatic rings. The third kappa shape index (κ3) is 2.43. The lowest BCUT2D eigenvalue weighted by Gasteiger charge is -2.16. The van der Waals surface area contributed by atoms with Gasteiger partial charge in [0.2, 0.25) is 17.2 Å². The fourth-order valence-corrected chi connectivity index (χ4v) is 1.91. The lowest BCUT2D eigenvalue weighted by Crippen LogP contribution is -2.23. The summed E-state index contributed by atoms with van der Waals surface area (Å²) < 4.78 is 1.71. The average molecular weight is 265 g/mol. The van der Waals surface area contributed by atoms with Gasteiger partial charge in [0.1, 0.15) is 6.33 Å². The first kappa shape index (κ1) is 11.4. The van der Waals surface area contributed by atoms with E-state index in [0.29, 0.717) is 11.9 Å². The summed E-state index contributed by atoms with van der Waals surface area (Å²) in [6.07, 6.45) is 7.66. The summed E-state index contributed by atoms with van der Waals surface area (Å²) in [5.74, 6) is 1.86. The highest BCUT2D eigenvalue weighted by atomic mass is 35.5. The Labute approximate surface area is 110 Å². The number of nitrogens with zero attached hydrogens (tertiary/aromatic N) is 6. The number of anilines is 1. The normalized spacial score (nSPS) is 14.8. The molecule has 0 aliphatic heterocycles. The van der Waals surface area contributed by atoms with Crippen molar-refractivity contribution in [3.8, 4) is 5.95 Å². The maximum atomic E-state index is 5.94. The van der Waals surface area contributed by atoms with E-state index in [0.717, 1.165) is 12.5 Å². The van der Waals surface area contributed by atoms with Crippen molar-refractivity contribution in [2.24, 2.45) is 5.92 Å². The molecule has 1 saturated carbocycles. The van der Waals surface area contributed by atoms with Crippen LogP contribution in [0.25, 0.3) is 5.95 Å². The first-order chi connectivity index (χ1) is 8.72. The monoisotopic (exact) mass is 264 g/mol. The van der Waals surface area contributed by atoms with E-state index in [1.807, 2.05) is 11.9 Å². The average Bonchev–Trinajstić information content (AvgIpc) is 2.99. The molecule has 18 heavy (non-hydrogen) atoms. The van der Waals surface area contributed by atoms with Gasteiger partial charge in [0, 0.05) is 26.0 Å². The second-order valence-corrected chi connectivity index (χ2v) is 4.84. The molecule has 3 rings (SSSR count). The quantitative estimate of drug-likeness (QED) is 0.839. The minimum absolute atomic E-state index is 0.200. The van der Waals surface area contributed by atoms with Crippen molar-refractivity contribution in [2.75, 3.05) is 18.5 Å². The van der Waals surface area contributed by atoms with E-state index in [1.54, 1.807) is 23.3 Å². The molecule has 0 amide bonds. The van der Waals surface area contributed by atoms with Gasteiger partial charge in [-0.2, -0.15) is 15.0 Å². The van der Waals surface area contributed by atoms with Gasteiger partial charge >= 0.3 is 0 Å². The van der Waals surface area contributed by atoms with Crippen molar-refractivity contribution in [2.45, 2.75) is 12.8 Å². The van der Waals surface area contributed by atoms with Crippen molar-refractivity contribution in [3.63, 3.8) is 0 Å². The molecule has 0 bridgehead atoms. The minimum Gasteiger partial charge on any atom is -0.343 e. The van der Waals surface area contributed by atoms with Crippen LogP contribution in [0.2, 0.25) is 5.28 Å². The summed E-state index contributed by atoms with van der Waals surface area (Å²) in [5, 5.41) is 0.200. The zero-order valence-electron chi connectivity index (χ0n) is 9.99. The van der Waals surface area contributed by atoms with Crippen molar-refractivity contribution in [3.05, 3.63) is 24.0 Å². The van der Waals surface area contributed by atoms with Crippen LogP contribution in [-0.4, -0.2) is 38.1 Å². The van der Waals surface area contributed by atoms with Gasteiger partial charge < -0.3 is 4.90 Å². The van der Waals surface area contributed by atoms with Gasteiger partial charge in [-0.15, -0.1) is 0 Å². The molecule has 7 heteroatoms. The van der Waals surface area contributed by atoms with Crippen LogP contribution < -0.4 is 4.90 Å². The molecule has 0 saturated heterocycles. The zero-order valence-corrected chi connectivity index (χ0v) is 10.7. The van der Waals surface area contributed by atoms with E-state index in [-0.39, 0.29) is 5.28 Å². The number of rotatable bonds is 4. The minimum atomic E-state index is 0.200. The number of halogens is 1. The smallest absolute Gasteiger partial charge is 0.241 e. The largest absolute Gasteiger partial charge is 0.343 e. The molecule has 1 aliphatic carbocycles. The third-order valence-corrected chi connectivity index (χ3v) is 3.06. The highest BCUT2D eigenvalue weighted by Crippen LogP contribution is 2.30. The SMILES string of the molecule is CN(CC1CC1)c1nc(Cl)nc(-n2ccnc2)n1. The summed E-state index contributed by atoms with van der Waals surface area (Å²) in [5.41, 5.74) is 0. The van der Waals surface area contributed by atoms with Gasteiger partial charge in [-0.1, -0.05) is 0 Å². The lowest BCUT2D eigenvalue weighted by molar-refractivity contribution is 0.752. The summed E-state index contributed by atoms with van der Waals surface area (Å²) >= 11 is 5.94. The summed E-state index contributed by atoms with van der Waals surface area (Å²) in [7, 11) is 1.97. The van der Waals surface area contributed by atoms with Crippen LogP contribution in [0.1, 0.15) is 12.8 Å². The molecule has 0 spiro atoms. The Hall–Kier alpha value is -1.69. The zero-order chi connectivity index (χ0) is 12.5. The molecular weight excluding hydrogens is 252 g/mol. The highest BCUT2D eigenvalue weighted by Gasteiger charge is 2.24. The Balaban J connectivity index is 1.89. The van der Waals surface area contributed by atoms with E-state index >= 15 is 0 Å². The van der Waals surface area contributed by atoms with Gasteiger partial charge in [0.15, 0.2) is 0 Å². The molecule has 0 aromatic carbocycles. The molecule has 2 aromatic heterocycles. The fourth-order valence-electron chi connectivity index (χ4n) is 1.76. The highest BCUT2D eigenvalue weighted by molar-refractivity contribution is 6.28. The van der Waals surface area contributed by atoms with Crippen LogP contribution in [0.15, 0.2) is 18.7 Å². The van der Waals surface area contributed by atoms with E-state index in [9.17, 15) is 0 Å². The molecule has 2 heterocycles. The topological polar surface area (TPSA) is 59.7 Å². The molecule has 1 aliphatic rings. The maximum Gasteiger partial charge on any atom is 0.241 e. The second-order valence-electron chi connectivity index (χ2n) is 4.50. The molecule has 0 radical (unpaired) electrons. The van der Waals surface area contributed by atoms with Gasteiger partial charge in [-0.3, -0.25) is 4.57 Å². The van der Waals surface area contributed by atoms with Gasteiger partial charge in [-0.25, -0.2) is 4.98 Å². The molecule has 0 unspecified atom stereocenters. The predicted octanol–water partition coefficient (Wildman–Crippen LogP) is 1.56. The second kappa shape index (κ2) is 4.53. The molecule has 6 nitrogen and oxygen atoms in total. The van der Waals surface area contributed by atoms with E-state index in [4.69, 9.17) is 11.6 Å². The summed E-state index contributed by atoms with van der Waals surface area (Å²) in [4.78, 5) is 18.6. The Kier molecular flexibility index (Phi) is 2.87. The summed E-state index contributed by atoms with van der Waals surface area (Å²) in [6, 6.07) is 0. The standard InChI is InChI=1S/C11H13ClN6/c1-17(6-8-2-3-8)10-14-9(12)15-11(16-10)18-5-4-13-7-18/h4-5,7-8H,2-3,6H2,1H3. The molecule has 0 N–H and O–H groups in total. The van der Waals surface area contributed by atoms with E-state index in [2.05, 4.69) is 19.9 Å². The first-order valence-corrected chi connectivity index (χ1v) is 6.21. The Bertz CT molecular complexity index is 536.